The zero-order valence-corrected chi connectivity index (χ0v) is 11.4. The minimum Gasteiger partial charge on any atom is -0.507 e. The van der Waals surface area contributed by atoms with Crippen molar-refractivity contribution >= 4 is 11.0 Å². The van der Waals surface area contributed by atoms with Gasteiger partial charge in [-0.15, -0.1) is 0 Å². The first kappa shape index (κ1) is 12.2. The summed E-state index contributed by atoms with van der Waals surface area (Å²) in [4.78, 5) is 0. The van der Waals surface area contributed by atoms with Gasteiger partial charge in [0.1, 0.15) is 5.75 Å². The summed E-state index contributed by atoms with van der Waals surface area (Å²) < 4.78 is 11.0. The molecular weight excluding hydrogens is 244 g/mol. The molecule has 0 bridgehead atoms. The van der Waals surface area contributed by atoms with E-state index in [1.54, 1.807) is 0 Å². The van der Waals surface area contributed by atoms with Crippen molar-refractivity contribution < 1.29 is 19.4 Å². The molecule has 2 aromatic rings. The SMILES string of the molecule is Cc1coc2c(O)c3c(c(O)c12)CC(C(C)C)CO3. The Kier molecular flexibility index (Phi) is 2.62. The number of aromatic hydroxyl groups is 2. The van der Waals surface area contributed by atoms with Gasteiger partial charge >= 0.3 is 0 Å². The molecule has 4 nitrogen and oxygen atoms in total. The number of rotatable bonds is 1. The van der Waals surface area contributed by atoms with Crippen LogP contribution in [0.3, 0.4) is 0 Å². The van der Waals surface area contributed by atoms with Gasteiger partial charge in [0, 0.05) is 5.56 Å². The van der Waals surface area contributed by atoms with Crippen LogP contribution in [-0.2, 0) is 6.42 Å². The summed E-state index contributed by atoms with van der Waals surface area (Å²) in [5, 5.41) is 21.3. The minimum atomic E-state index is -0.00175. The minimum absolute atomic E-state index is 0.00175. The summed E-state index contributed by atoms with van der Waals surface area (Å²) in [5.74, 6) is 1.37. The summed E-state index contributed by atoms with van der Waals surface area (Å²) in [5.41, 5.74) is 1.81. The molecule has 1 atom stereocenters. The van der Waals surface area contributed by atoms with Crippen molar-refractivity contribution in [2.24, 2.45) is 11.8 Å². The number of furan rings is 1. The average molecular weight is 262 g/mol. The van der Waals surface area contributed by atoms with Crippen LogP contribution in [0.15, 0.2) is 10.7 Å². The van der Waals surface area contributed by atoms with Crippen molar-refractivity contribution in [2.75, 3.05) is 6.61 Å². The highest BCUT2D eigenvalue weighted by Gasteiger charge is 2.31. The number of aryl methyl sites for hydroxylation is 1. The molecule has 2 heterocycles. The van der Waals surface area contributed by atoms with Gasteiger partial charge < -0.3 is 19.4 Å². The maximum atomic E-state index is 10.4. The Bertz CT molecular complexity index is 639. The lowest BCUT2D eigenvalue weighted by Gasteiger charge is -2.29. The number of phenols is 2. The third kappa shape index (κ3) is 1.66. The highest BCUT2D eigenvalue weighted by molar-refractivity contribution is 5.95. The molecule has 0 radical (unpaired) electrons. The summed E-state index contributed by atoms with van der Waals surface area (Å²) in [6.45, 7) is 6.68. The second-order valence-electron chi connectivity index (χ2n) is 5.65. The molecule has 0 aliphatic carbocycles. The van der Waals surface area contributed by atoms with Gasteiger partial charge in [-0.3, -0.25) is 0 Å². The van der Waals surface area contributed by atoms with Crippen molar-refractivity contribution in [3.05, 3.63) is 17.4 Å². The van der Waals surface area contributed by atoms with Gasteiger partial charge in [0.15, 0.2) is 11.3 Å². The van der Waals surface area contributed by atoms with Crippen LogP contribution in [0.25, 0.3) is 11.0 Å². The quantitative estimate of drug-likeness (QED) is 0.773. The molecule has 1 aromatic carbocycles. The third-order valence-corrected chi connectivity index (χ3v) is 4.05. The van der Waals surface area contributed by atoms with Crippen LogP contribution in [0, 0.1) is 18.8 Å². The van der Waals surface area contributed by atoms with Gasteiger partial charge in [0.2, 0.25) is 5.75 Å². The van der Waals surface area contributed by atoms with E-state index in [2.05, 4.69) is 13.8 Å². The zero-order valence-electron chi connectivity index (χ0n) is 11.4. The van der Waals surface area contributed by atoms with E-state index >= 15 is 0 Å². The van der Waals surface area contributed by atoms with Crippen molar-refractivity contribution in [1.82, 2.24) is 0 Å². The van der Waals surface area contributed by atoms with E-state index in [-0.39, 0.29) is 11.5 Å². The summed E-state index contributed by atoms with van der Waals surface area (Å²) >= 11 is 0. The number of phenolic OH excluding ortho intramolecular Hbond substituents is 2. The third-order valence-electron chi connectivity index (χ3n) is 4.05. The maximum Gasteiger partial charge on any atom is 0.202 e. The summed E-state index contributed by atoms with van der Waals surface area (Å²) in [6.07, 6.45) is 2.25. The lowest BCUT2D eigenvalue weighted by atomic mass is 9.86. The van der Waals surface area contributed by atoms with Crippen molar-refractivity contribution in [1.29, 1.82) is 0 Å². The molecule has 1 aliphatic heterocycles. The zero-order chi connectivity index (χ0) is 13.7. The second-order valence-corrected chi connectivity index (χ2v) is 5.65. The molecule has 0 amide bonds. The van der Waals surface area contributed by atoms with Crippen LogP contribution in [0.5, 0.6) is 17.2 Å². The molecule has 0 saturated carbocycles. The van der Waals surface area contributed by atoms with E-state index in [4.69, 9.17) is 9.15 Å². The number of ether oxygens (including phenoxy) is 1. The van der Waals surface area contributed by atoms with Gasteiger partial charge in [-0.2, -0.15) is 0 Å². The molecule has 102 valence electrons. The van der Waals surface area contributed by atoms with Crippen LogP contribution < -0.4 is 4.74 Å². The molecule has 3 rings (SSSR count). The smallest absolute Gasteiger partial charge is 0.202 e. The molecule has 2 N–H and O–H groups in total. The molecular formula is C15H18O4. The highest BCUT2D eigenvalue weighted by Crippen LogP contribution is 2.49. The molecule has 0 saturated heterocycles. The fourth-order valence-corrected chi connectivity index (χ4v) is 2.70. The molecule has 0 spiro atoms. The largest absolute Gasteiger partial charge is 0.507 e. The van der Waals surface area contributed by atoms with E-state index in [0.717, 1.165) is 5.56 Å². The fourth-order valence-electron chi connectivity index (χ4n) is 2.70. The second kappa shape index (κ2) is 4.08. The molecule has 0 fully saturated rings. The highest BCUT2D eigenvalue weighted by atomic mass is 16.5. The molecule has 4 heteroatoms. The van der Waals surface area contributed by atoms with Crippen molar-refractivity contribution in [3.8, 4) is 17.2 Å². The Labute approximate surface area is 111 Å². The molecule has 1 aromatic heterocycles. The number of hydrogen-bond donors (Lipinski definition) is 2. The molecule has 1 unspecified atom stereocenters. The Hall–Kier alpha value is -1.84. The Morgan fingerprint density at radius 3 is 2.68 bits per heavy atom. The van der Waals surface area contributed by atoms with Crippen LogP contribution in [0.1, 0.15) is 25.0 Å². The van der Waals surface area contributed by atoms with Crippen molar-refractivity contribution in [2.45, 2.75) is 27.2 Å². The lowest BCUT2D eigenvalue weighted by Crippen LogP contribution is -2.25. The molecule has 19 heavy (non-hydrogen) atoms. The molecule has 1 aliphatic rings. The number of fused-ring (bicyclic) bond motifs is 2. The van der Waals surface area contributed by atoms with E-state index in [1.807, 2.05) is 6.92 Å². The first-order valence-electron chi connectivity index (χ1n) is 6.58. The van der Waals surface area contributed by atoms with E-state index in [9.17, 15) is 10.2 Å². The van der Waals surface area contributed by atoms with E-state index in [1.165, 1.54) is 6.26 Å². The first-order valence-corrected chi connectivity index (χ1v) is 6.58. The van der Waals surface area contributed by atoms with Crippen LogP contribution in [0.4, 0.5) is 0 Å². The fraction of sp³-hybridized carbons (Fsp3) is 0.467. The van der Waals surface area contributed by atoms with Crippen LogP contribution in [-0.4, -0.2) is 16.8 Å². The van der Waals surface area contributed by atoms with Gasteiger partial charge in [-0.25, -0.2) is 0 Å². The van der Waals surface area contributed by atoms with Crippen LogP contribution in [0.2, 0.25) is 0 Å². The van der Waals surface area contributed by atoms with Crippen LogP contribution >= 0.6 is 0 Å². The lowest BCUT2D eigenvalue weighted by molar-refractivity contribution is 0.176. The van der Waals surface area contributed by atoms with E-state index < -0.39 is 0 Å². The average Bonchev–Trinajstić information content (AvgIpc) is 2.78. The van der Waals surface area contributed by atoms with E-state index in [0.29, 0.717) is 47.1 Å². The Morgan fingerprint density at radius 2 is 2.00 bits per heavy atom. The summed E-state index contributed by atoms with van der Waals surface area (Å²) in [6, 6.07) is 0. The maximum absolute atomic E-state index is 10.4. The van der Waals surface area contributed by atoms with Gasteiger partial charge in [-0.1, -0.05) is 13.8 Å². The number of benzene rings is 1. The van der Waals surface area contributed by atoms with Gasteiger partial charge in [-0.05, 0) is 30.7 Å². The van der Waals surface area contributed by atoms with Gasteiger partial charge in [0.05, 0.1) is 18.3 Å². The predicted octanol–water partition coefficient (Wildman–Crippen LogP) is 3.36. The predicted molar refractivity (Wildman–Crippen MR) is 71.8 cm³/mol. The number of hydrogen-bond acceptors (Lipinski definition) is 4. The monoisotopic (exact) mass is 262 g/mol. The van der Waals surface area contributed by atoms with Gasteiger partial charge in [0.25, 0.3) is 0 Å². The standard InChI is InChI=1S/C15H18O4/c1-7(2)9-4-10-12(16)11-8(3)5-18-15(11)13(17)14(10)19-6-9/h5,7,9,16-17H,4,6H2,1-3H3. The normalized spacial score (nSPS) is 18.6. The Morgan fingerprint density at radius 1 is 1.26 bits per heavy atom. The first-order chi connectivity index (χ1) is 9.00. The summed E-state index contributed by atoms with van der Waals surface area (Å²) in [7, 11) is 0. The van der Waals surface area contributed by atoms with Crippen molar-refractivity contribution in [3.63, 3.8) is 0 Å². The Balaban J connectivity index is 2.23. The topological polar surface area (TPSA) is 62.8 Å².